The normalized spacial score (nSPS) is 25.7. The van der Waals surface area contributed by atoms with Crippen molar-refractivity contribution in [3.63, 3.8) is 0 Å². The van der Waals surface area contributed by atoms with Crippen LogP contribution in [0.15, 0.2) is 0 Å². The molecule has 1 fully saturated rings. The minimum absolute atomic E-state index is 0.316. The Kier molecular flexibility index (Phi) is 2.27. The molecule has 0 bridgehead atoms. The number of hydrogen-bond acceptors (Lipinski definition) is 3. The molecule has 6 nitrogen and oxygen atoms in total. The first-order valence-corrected chi connectivity index (χ1v) is 3.38. The van der Waals surface area contributed by atoms with Crippen LogP contribution in [0.4, 0.5) is 0 Å². The van der Waals surface area contributed by atoms with Gasteiger partial charge in [-0.05, 0) is 6.42 Å². The molecule has 0 aromatic rings. The van der Waals surface area contributed by atoms with E-state index in [1.165, 1.54) is 0 Å². The molecule has 0 radical (unpaired) electrons. The quantitative estimate of drug-likeness (QED) is 0.354. The van der Waals surface area contributed by atoms with Gasteiger partial charge in [-0.3, -0.25) is 25.2 Å². The van der Waals surface area contributed by atoms with Crippen molar-refractivity contribution < 1.29 is 19.5 Å². The number of carbonyl (C=O) groups is 3. The number of hydrazine groups is 1. The van der Waals surface area contributed by atoms with E-state index in [1.54, 1.807) is 0 Å². The number of carboxylic acids is 1. The third kappa shape index (κ3) is 1.71. The van der Waals surface area contributed by atoms with Crippen LogP contribution in [-0.2, 0) is 14.4 Å². The van der Waals surface area contributed by atoms with Crippen LogP contribution in [0, 0.1) is 11.8 Å². The average molecular weight is 172 g/mol. The topological polar surface area (TPSA) is 95.5 Å². The summed E-state index contributed by atoms with van der Waals surface area (Å²) in [6.07, 6.45) is 0.664. The van der Waals surface area contributed by atoms with Crippen molar-refractivity contribution in [3.8, 4) is 0 Å². The van der Waals surface area contributed by atoms with Gasteiger partial charge in [0.15, 0.2) is 0 Å². The lowest BCUT2D eigenvalue weighted by Gasteiger charge is -1.99. The summed E-state index contributed by atoms with van der Waals surface area (Å²) < 4.78 is 0. The van der Waals surface area contributed by atoms with E-state index in [0.29, 0.717) is 12.8 Å². The first kappa shape index (κ1) is 8.51. The van der Waals surface area contributed by atoms with E-state index in [0.717, 1.165) is 0 Å². The van der Waals surface area contributed by atoms with Gasteiger partial charge in [0.05, 0.1) is 11.8 Å². The summed E-state index contributed by atoms with van der Waals surface area (Å²) in [7, 11) is 0. The van der Waals surface area contributed by atoms with Crippen molar-refractivity contribution in [2.75, 3.05) is 0 Å². The fourth-order valence-corrected chi connectivity index (χ4v) is 0.951. The van der Waals surface area contributed by atoms with Gasteiger partial charge in [-0.15, -0.1) is 0 Å². The molecule has 6 heteroatoms. The van der Waals surface area contributed by atoms with Crippen LogP contribution in [-0.4, -0.2) is 23.4 Å². The van der Waals surface area contributed by atoms with Gasteiger partial charge in [0, 0.05) is 0 Å². The third-order valence-corrected chi connectivity index (χ3v) is 1.70. The lowest BCUT2D eigenvalue weighted by Crippen LogP contribution is -2.37. The summed E-state index contributed by atoms with van der Waals surface area (Å²) >= 11 is 0. The van der Waals surface area contributed by atoms with E-state index in [2.05, 4.69) is 5.43 Å². The van der Waals surface area contributed by atoms with E-state index in [4.69, 9.17) is 5.11 Å². The summed E-state index contributed by atoms with van der Waals surface area (Å²) in [5.41, 5.74) is 4.01. The Morgan fingerprint density at radius 3 is 2.50 bits per heavy atom. The van der Waals surface area contributed by atoms with Gasteiger partial charge in [0.2, 0.25) is 12.3 Å². The molecular formula is C6H8N2O4. The standard InChI is InChI=1S/C6H8N2O4/c9-2-7-8-5(10)3-1-4(3)6(11)12/h2-4H,1H2,(H,7,9)(H,8,10)(H,11,12)/t3-,4-/m0/s1. The van der Waals surface area contributed by atoms with Gasteiger partial charge in [-0.25, -0.2) is 0 Å². The fourth-order valence-electron chi connectivity index (χ4n) is 0.951. The van der Waals surface area contributed by atoms with Gasteiger partial charge < -0.3 is 5.11 Å². The maximum atomic E-state index is 10.9. The molecule has 12 heavy (non-hydrogen) atoms. The molecule has 0 aromatic heterocycles. The summed E-state index contributed by atoms with van der Waals surface area (Å²) in [5, 5.41) is 8.43. The minimum atomic E-state index is -0.971. The molecule has 0 aliphatic heterocycles. The Labute approximate surface area is 67.9 Å². The number of nitrogens with one attached hydrogen (secondary N) is 2. The third-order valence-electron chi connectivity index (χ3n) is 1.70. The Morgan fingerprint density at radius 1 is 1.42 bits per heavy atom. The van der Waals surface area contributed by atoms with E-state index in [9.17, 15) is 14.4 Å². The highest BCUT2D eigenvalue weighted by atomic mass is 16.4. The number of carboxylic acid groups (broad SMARTS) is 1. The molecule has 3 N–H and O–H groups in total. The molecule has 0 unspecified atom stereocenters. The number of rotatable bonds is 4. The summed E-state index contributed by atoms with van der Waals surface area (Å²) in [4.78, 5) is 30.9. The number of hydrogen-bond donors (Lipinski definition) is 3. The average Bonchev–Trinajstić information content (AvgIpc) is 2.78. The van der Waals surface area contributed by atoms with Crippen LogP contribution in [0.1, 0.15) is 6.42 Å². The fraction of sp³-hybridized carbons (Fsp3) is 0.500. The monoisotopic (exact) mass is 172 g/mol. The maximum absolute atomic E-state index is 10.9. The first-order chi connectivity index (χ1) is 5.66. The van der Waals surface area contributed by atoms with Crippen molar-refractivity contribution >= 4 is 18.3 Å². The van der Waals surface area contributed by atoms with Gasteiger partial charge in [0.25, 0.3) is 0 Å². The van der Waals surface area contributed by atoms with E-state index in [-0.39, 0.29) is 0 Å². The minimum Gasteiger partial charge on any atom is -0.481 e. The van der Waals surface area contributed by atoms with Crippen molar-refractivity contribution in [1.82, 2.24) is 10.9 Å². The predicted molar refractivity (Wildman–Crippen MR) is 36.6 cm³/mol. The number of aliphatic carboxylic acids is 1. The van der Waals surface area contributed by atoms with Gasteiger partial charge >= 0.3 is 5.97 Å². The molecule has 1 rings (SSSR count). The van der Waals surface area contributed by atoms with Crippen LogP contribution in [0.25, 0.3) is 0 Å². The molecule has 1 aliphatic rings. The SMILES string of the molecule is O=CNNC(=O)[C@H]1C[C@@H]1C(=O)O. The van der Waals surface area contributed by atoms with E-state index >= 15 is 0 Å². The van der Waals surface area contributed by atoms with E-state index < -0.39 is 23.7 Å². The highest BCUT2D eigenvalue weighted by Crippen LogP contribution is 2.38. The smallest absolute Gasteiger partial charge is 0.307 e. The highest BCUT2D eigenvalue weighted by Gasteiger charge is 2.48. The molecule has 1 aliphatic carbocycles. The molecule has 2 amide bonds. The van der Waals surface area contributed by atoms with Crippen LogP contribution >= 0.6 is 0 Å². The molecule has 0 spiro atoms. The second-order valence-electron chi connectivity index (χ2n) is 2.54. The van der Waals surface area contributed by atoms with Gasteiger partial charge in [-0.1, -0.05) is 0 Å². The van der Waals surface area contributed by atoms with Gasteiger partial charge in [-0.2, -0.15) is 0 Å². The molecular weight excluding hydrogens is 164 g/mol. The molecule has 0 aromatic carbocycles. The maximum Gasteiger partial charge on any atom is 0.307 e. The molecule has 2 atom stereocenters. The summed E-state index contributed by atoms with van der Waals surface area (Å²) in [6.45, 7) is 0. The molecule has 0 saturated heterocycles. The van der Waals surface area contributed by atoms with Crippen LogP contribution in [0.3, 0.4) is 0 Å². The predicted octanol–water partition coefficient (Wildman–Crippen LogP) is -1.52. The van der Waals surface area contributed by atoms with Crippen LogP contribution in [0.5, 0.6) is 0 Å². The Morgan fingerprint density at radius 2 is 2.08 bits per heavy atom. The molecule has 1 saturated carbocycles. The number of amides is 2. The lowest BCUT2D eigenvalue weighted by molar-refractivity contribution is -0.140. The molecule has 66 valence electrons. The van der Waals surface area contributed by atoms with Crippen molar-refractivity contribution in [3.05, 3.63) is 0 Å². The first-order valence-electron chi connectivity index (χ1n) is 3.38. The largest absolute Gasteiger partial charge is 0.481 e. The molecule has 0 heterocycles. The van der Waals surface area contributed by atoms with Crippen molar-refractivity contribution in [1.29, 1.82) is 0 Å². The van der Waals surface area contributed by atoms with Crippen molar-refractivity contribution in [2.24, 2.45) is 11.8 Å². The summed E-state index contributed by atoms with van der Waals surface area (Å²) in [6, 6.07) is 0. The summed E-state index contributed by atoms with van der Waals surface area (Å²) in [5.74, 6) is -2.50. The second-order valence-corrected chi connectivity index (χ2v) is 2.54. The van der Waals surface area contributed by atoms with Crippen LogP contribution < -0.4 is 10.9 Å². The van der Waals surface area contributed by atoms with Gasteiger partial charge in [0.1, 0.15) is 0 Å². The number of carbonyl (C=O) groups excluding carboxylic acids is 2. The zero-order valence-corrected chi connectivity index (χ0v) is 6.11. The Hall–Kier alpha value is -1.59. The zero-order valence-electron chi connectivity index (χ0n) is 6.11. The van der Waals surface area contributed by atoms with Crippen LogP contribution in [0.2, 0.25) is 0 Å². The van der Waals surface area contributed by atoms with E-state index in [1.807, 2.05) is 5.43 Å². The second kappa shape index (κ2) is 3.21. The van der Waals surface area contributed by atoms with Crippen molar-refractivity contribution in [2.45, 2.75) is 6.42 Å². The lowest BCUT2D eigenvalue weighted by atomic mass is 10.3. The Balaban J connectivity index is 2.28. The highest BCUT2D eigenvalue weighted by molar-refractivity contribution is 5.89. The zero-order chi connectivity index (χ0) is 9.14. The Bertz CT molecular complexity index is 228.